The van der Waals surface area contributed by atoms with Gasteiger partial charge in [0.25, 0.3) is 0 Å². The zero-order valence-corrected chi connectivity index (χ0v) is 12.9. The lowest BCUT2D eigenvalue weighted by molar-refractivity contribution is 0.443. The van der Waals surface area contributed by atoms with E-state index in [0.717, 1.165) is 23.6 Å². The second-order valence-electron chi connectivity index (χ2n) is 5.77. The summed E-state index contributed by atoms with van der Waals surface area (Å²) in [4.78, 5) is 0. The van der Waals surface area contributed by atoms with Crippen molar-refractivity contribution in [3.63, 3.8) is 0 Å². The molecule has 0 bridgehead atoms. The van der Waals surface area contributed by atoms with Crippen molar-refractivity contribution in [1.29, 1.82) is 0 Å². The molecule has 0 aromatic heterocycles. The second-order valence-corrected chi connectivity index (χ2v) is 6.18. The van der Waals surface area contributed by atoms with Crippen LogP contribution >= 0.6 is 11.6 Å². The van der Waals surface area contributed by atoms with Gasteiger partial charge >= 0.3 is 0 Å². The van der Waals surface area contributed by atoms with Crippen LogP contribution in [0.2, 0.25) is 5.02 Å². The largest absolute Gasteiger partial charge is 0.308 e. The number of hydrogen-bond acceptors (Lipinski definition) is 1. The summed E-state index contributed by atoms with van der Waals surface area (Å²) in [5, 5.41) is 4.35. The zero-order chi connectivity index (χ0) is 13.8. The normalized spacial score (nSPS) is 12.9. The Morgan fingerprint density at radius 2 is 2.00 bits per heavy atom. The molecule has 0 fully saturated rings. The van der Waals surface area contributed by atoms with Crippen molar-refractivity contribution < 1.29 is 0 Å². The topological polar surface area (TPSA) is 12.0 Å². The van der Waals surface area contributed by atoms with Gasteiger partial charge in [0, 0.05) is 17.1 Å². The van der Waals surface area contributed by atoms with Crippen LogP contribution in [0.15, 0.2) is 23.8 Å². The second kappa shape index (κ2) is 6.40. The summed E-state index contributed by atoms with van der Waals surface area (Å²) in [6.45, 7) is 11.7. The van der Waals surface area contributed by atoms with Gasteiger partial charge in [-0.2, -0.15) is 0 Å². The van der Waals surface area contributed by atoms with Crippen molar-refractivity contribution in [1.82, 2.24) is 5.32 Å². The first-order valence-corrected chi connectivity index (χ1v) is 6.90. The van der Waals surface area contributed by atoms with Gasteiger partial charge in [0.1, 0.15) is 0 Å². The van der Waals surface area contributed by atoms with Gasteiger partial charge in [0.2, 0.25) is 0 Å². The molecule has 100 valence electrons. The SMILES string of the molecule is CC/C(=C/c1ccc(C)c(Cl)c1)CNC(C)(C)C. The highest BCUT2D eigenvalue weighted by Gasteiger charge is 2.08. The van der Waals surface area contributed by atoms with Crippen molar-refractivity contribution >= 4 is 17.7 Å². The molecule has 0 aliphatic heterocycles. The van der Waals surface area contributed by atoms with E-state index in [1.807, 2.05) is 13.0 Å². The van der Waals surface area contributed by atoms with Gasteiger partial charge in [-0.1, -0.05) is 42.3 Å². The molecule has 0 saturated heterocycles. The summed E-state index contributed by atoms with van der Waals surface area (Å²) in [6, 6.07) is 6.22. The molecule has 0 atom stereocenters. The summed E-state index contributed by atoms with van der Waals surface area (Å²) < 4.78 is 0. The van der Waals surface area contributed by atoms with Crippen LogP contribution in [-0.4, -0.2) is 12.1 Å². The molecule has 18 heavy (non-hydrogen) atoms. The number of hydrogen-bond donors (Lipinski definition) is 1. The van der Waals surface area contributed by atoms with Crippen LogP contribution in [0.25, 0.3) is 6.08 Å². The van der Waals surface area contributed by atoms with Crippen LogP contribution in [0.1, 0.15) is 45.2 Å². The Labute approximate surface area is 116 Å². The van der Waals surface area contributed by atoms with Crippen molar-refractivity contribution in [2.75, 3.05) is 6.54 Å². The smallest absolute Gasteiger partial charge is 0.0441 e. The molecule has 0 amide bonds. The summed E-state index contributed by atoms with van der Waals surface area (Å²) in [5.41, 5.74) is 3.85. The molecule has 1 aromatic carbocycles. The summed E-state index contributed by atoms with van der Waals surface area (Å²) >= 11 is 6.15. The first-order chi connectivity index (χ1) is 8.31. The van der Waals surface area contributed by atoms with Gasteiger partial charge in [0.05, 0.1) is 0 Å². The minimum atomic E-state index is 0.152. The molecule has 1 nitrogen and oxygen atoms in total. The molecule has 0 radical (unpaired) electrons. The van der Waals surface area contributed by atoms with E-state index in [-0.39, 0.29) is 5.54 Å². The van der Waals surface area contributed by atoms with Crippen LogP contribution in [0.4, 0.5) is 0 Å². The Morgan fingerprint density at radius 1 is 1.33 bits per heavy atom. The maximum atomic E-state index is 6.15. The summed E-state index contributed by atoms with van der Waals surface area (Å²) in [6.07, 6.45) is 3.28. The molecule has 0 heterocycles. The first-order valence-electron chi connectivity index (χ1n) is 6.52. The third-order valence-corrected chi connectivity index (χ3v) is 3.27. The van der Waals surface area contributed by atoms with E-state index in [1.54, 1.807) is 0 Å². The quantitative estimate of drug-likeness (QED) is 0.822. The summed E-state index contributed by atoms with van der Waals surface area (Å²) in [7, 11) is 0. The van der Waals surface area contributed by atoms with Gasteiger partial charge in [-0.3, -0.25) is 0 Å². The lowest BCUT2D eigenvalue weighted by Crippen LogP contribution is -2.36. The van der Waals surface area contributed by atoms with Gasteiger partial charge in [-0.15, -0.1) is 0 Å². The molecular formula is C16H24ClN. The lowest BCUT2D eigenvalue weighted by atomic mass is 10.0. The maximum absolute atomic E-state index is 6.15. The Kier molecular flexibility index (Phi) is 5.43. The maximum Gasteiger partial charge on any atom is 0.0441 e. The highest BCUT2D eigenvalue weighted by molar-refractivity contribution is 6.31. The molecule has 2 heteroatoms. The van der Waals surface area contributed by atoms with E-state index in [9.17, 15) is 0 Å². The van der Waals surface area contributed by atoms with E-state index in [0.29, 0.717) is 0 Å². The molecule has 0 unspecified atom stereocenters. The highest BCUT2D eigenvalue weighted by atomic mass is 35.5. The molecule has 0 saturated carbocycles. The van der Waals surface area contributed by atoms with Crippen LogP contribution in [0.3, 0.4) is 0 Å². The molecule has 0 aliphatic rings. The molecular weight excluding hydrogens is 242 g/mol. The Hall–Kier alpha value is -0.790. The minimum Gasteiger partial charge on any atom is -0.308 e. The van der Waals surface area contributed by atoms with Crippen molar-refractivity contribution in [2.24, 2.45) is 0 Å². The predicted molar refractivity (Wildman–Crippen MR) is 82.2 cm³/mol. The third kappa shape index (κ3) is 5.24. The predicted octanol–water partition coefficient (Wildman–Crippen LogP) is 4.83. The number of aryl methyl sites for hydroxylation is 1. The number of halogens is 1. The van der Waals surface area contributed by atoms with Crippen LogP contribution in [0, 0.1) is 6.92 Å². The molecule has 0 aliphatic carbocycles. The van der Waals surface area contributed by atoms with E-state index >= 15 is 0 Å². The number of rotatable bonds is 4. The molecule has 0 spiro atoms. The van der Waals surface area contributed by atoms with Crippen LogP contribution in [-0.2, 0) is 0 Å². The van der Waals surface area contributed by atoms with Gasteiger partial charge in [-0.25, -0.2) is 0 Å². The lowest BCUT2D eigenvalue weighted by Gasteiger charge is -2.21. The fourth-order valence-corrected chi connectivity index (χ4v) is 1.78. The van der Waals surface area contributed by atoms with E-state index < -0.39 is 0 Å². The molecule has 1 rings (SSSR count). The number of nitrogens with one attached hydrogen (secondary N) is 1. The average Bonchev–Trinajstić information content (AvgIpc) is 2.28. The van der Waals surface area contributed by atoms with Gasteiger partial charge in [-0.05, 0) is 51.3 Å². The average molecular weight is 266 g/mol. The zero-order valence-electron chi connectivity index (χ0n) is 12.1. The van der Waals surface area contributed by atoms with E-state index in [4.69, 9.17) is 11.6 Å². The fraction of sp³-hybridized carbons (Fsp3) is 0.500. The van der Waals surface area contributed by atoms with Crippen LogP contribution < -0.4 is 5.32 Å². The third-order valence-electron chi connectivity index (χ3n) is 2.87. The first kappa shape index (κ1) is 15.3. The fourth-order valence-electron chi connectivity index (χ4n) is 1.59. The van der Waals surface area contributed by atoms with E-state index in [2.05, 4.69) is 51.2 Å². The van der Waals surface area contributed by atoms with Crippen molar-refractivity contribution in [3.8, 4) is 0 Å². The molecule has 1 aromatic rings. The Morgan fingerprint density at radius 3 is 2.50 bits per heavy atom. The van der Waals surface area contributed by atoms with Gasteiger partial charge in [0.15, 0.2) is 0 Å². The standard InChI is InChI=1S/C16H24ClN/c1-6-13(11-18-16(3,4)5)9-14-8-7-12(2)15(17)10-14/h7-10,18H,6,11H2,1-5H3/b13-9-. The van der Waals surface area contributed by atoms with Crippen LogP contribution in [0.5, 0.6) is 0 Å². The Balaban J connectivity index is 2.80. The van der Waals surface area contributed by atoms with Crippen molar-refractivity contribution in [2.45, 2.75) is 46.6 Å². The summed E-state index contributed by atoms with van der Waals surface area (Å²) in [5.74, 6) is 0. The highest BCUT2D eigenvalue weighted by Crippen LogP contribution is 2.19. The van der Waals surface area contributed by atoms with Crippen molar-refractivity contribution in [3.05, 3.63) is 39.9 Å². The van der Waals surface area contributed by atoms with E-state index in [1.165, 1.54) is 11.1 Å². The Bertz CT molecular complexity index is 427. The monoisotopic (exact) mass is 265 g/mol. The molecule has 1 N–H and O–H groups in total. The number of benzene rings is 1. The van der Waals surface area contributed by atoms with Gasteiger partial charge < -0.3 is 5.32 Å². The minimum absolute atomic E-state index is 0.152.